The monoisotopic (exact) mass is 289 g/mol. The molecule has 0 unspecified atom stereocenters. The lowest BCUT2D eigenvalue weighted by Crippen LogP contribution is -2.45. The Kier molecular flexibility index (Phi) is 3.70. The average molecular weight is 289 g/mol. The molecule has 8 nitrogen and oxygen atoms in total. The summed E-state index contributed by atoms with van der Waals surface area (Å²) in [6, 6.07) is 3.87. The standard InChI is InChI=1S/C13H19N7O/c1-18-6-8-19(9-7-18)13-5-4-12-16-15-11(20(12)17-13)3-2-10(14)21/h4-5H,2-3,6-9H2,1H3,(H2,14,21). The van der Waals surface area contributed by atoms with Gasteiger partial charge in [0.2, 0.25) is 5.91 Å². The third-order valence-corrected chi connectivity index (χ3v) is 3.74. The van der Waals surface area contributed by atoms with Crippen LogP contribution in [-0.4, -0.2) is 63.8 Å². The molecule has 0 saturated carbocycles. The van der Waals surface area contributed by atoms with Gasteiger partial charge >= 0.3 is 0 Å². The Morgan fingerprint density at radius 2 is 2.00 bits per heavy atom. The van der Waals surface area contributed by atoms with Crippen molar-refractivity contribution in [1.29, 1.82) is 0 Å². The van der Waals surface area contributed by atoms with Gasteiger partial charge in [0.15, 0.2) is 11.5 Å². The highest BCUT2D eigenvalue weighted by molar-refractivity contribution is 5.73. The van der Waals surface area contributed by atoms with E-state index in [1.807, 2.05) is 12.1 Å². The molecule has 8 heteroatoms. The van der Waals surface area contributed by atoms with Gasteiger partial charge in [-0.25, -0.2) is 0 Å². The van der Waals surface area contributed by atoms with Crippen molar-refractivity contribution in [2.45, 2.75) is 12.8 Å². The summed E-state index contributed by atoms with van der Waals surface area (Å²) in [4.78, 5) is 15.5. The maximum absolute atomic E-state index is 10.9. The number of piperazine rings is 1. The molecule has 1 aliphatic rings. The molecule has 1 amide bonds. The lowest BCUT2D eigenvalue weighted by atomic mass is 10.3. The molecule has 3 rings (SSSR count). The van der Waals surface area contributed by atoms with Crippen molar-refractivity contribution >= 4 is 17.4 Å². The molecular weight excluding hydrogens is 270 g/mol. The molecule has 112 valence electrons. The van der Waals surface area contributed by atoms with Crippen LogP contribution in [0, 0.1) is 0 Å². The minimum atomic E-state index is -0.345. The van der Waals surface area contributed by atoms with Crippen LogP contribution in [0.1, 0.15) is 12.2 Å². The molecule has 2 aromatic rings. The number of amides is 1. The highest BCUT2D eigenvalue weighted by atomic mass is 16.1. The van der Waals surface area contributed by atoms with Gasteiger partial charge in [0.25, 0.3) is 0 Å². The summed E-state index contributed by atoms with van der Waals surface area (Å²) >= 11 is 0. The molecule has 0 aromatic carbocycles. The Bertz CT molecular complexity index is 645. The molecule has 1 saturated heterocycles. The number of likely N-dealkylation sites (N-methyl/N-ethyl adjacent to an activating group) is 1. The average Bonchev–Trinajstić information content (AvgIpc) is 2.88. The Labute approximate surface area is 122 Å². The quantitative estimate of drug-likeness (QED) is 0.799. The minimum Gasteiger partial charge on any atom is -0.370 e. The van der Waals surface area contributed by atoms with Crippen LogP contribution in [0.15, 0.2) is 12.1 Å². The molecule has 0 atom stereocenters. The lowest BCUT2D eigenvalue weighted by molar-refractivity contribution is -0.118. The van der Waals surface area contributed by atoms with Gasteiger partial charge in [-0.15, -0.1) is 15.3 Å². The minimum absolute atomic E-state index is 0.251. The zero-order chi connectivity index (χ0) is 14.8. The largest absolute Gasteiger partial charge is 0.370 e. The fraction of sp³-hybridized carbons (Fsp3) is 0.538. The summed E-state index contributed by atoms with van der Waals surface area (Å²) in [5, 5.41) is 12.8. The van der Waals surface area contributed by atoms with Crippen LogP contribution in [0.3, 0.4) is 0 Å². The normalized spacial score (nSPS) is 16.5. The molecule has 2 aromatic heterocycles. The number of primary amides is 1. The van der Waals surface area contributed by atoms with E-state index in [0.29, 0.717) is 17.9 Å². The van der Waals surface area contributed by atoms with Crippen molar-refractivity contribution in [2.75, 3.05) is 38.1 Å². The second kappa shape index (κ2) is 5.65. The zero-order valence-corrected chi connectivity index (χ0v) is 12.1. The summed E-state index contributed by atoms with van der Waals surface area (Å²) in [7, 11) is 2.12. The summed E-state index contributed by atoms with van der Waals surface area (Å²) in [6.45, 7) is 3.95. The van der Waals surface area contributed by atoms with E-state index in [4.69, 9.17) is 5.73 Å². The van der Waals surface area contributed by atoms with Gasteiger partial charge in [0.1, 0.15) is 5.82 Å². The van der Waals surface area contributed by atoms with E-state index in [-0.39, 0.29) is 12.3 Å². The Morgan fingerprint density at radius 1 is 1.24 bits per heavy atom. The van der Waals surface area contributed by atoms with E-state index in [2.05, 4.69) is 32.1 Å². The highest BCUT2D eigenvalue weighted by Gasteiger charge is 2.17. The zero-order valence-electron chi connectivity index (χ0n) is 12.1. The number of aromatic nitrogens is 4. The van der Waals surface area contributed by atoms with Crippen molar-refractivity contribution in [2.24, 2.45) is 5.73 Å². The van der Waals surface area contributed by atoms with E-state index in [1.165, 1.54) is 0 Å². The van der Waals surface area contributed by atoms with Gasteiger partial charge in [0.05, 0.1) is 0 Å². The van der Waals surface area contributed by atoms with Crippen molar-refractivity contribution < 1.29 is 4.79 Å². The molecule has 21 heavy (non-hydrogen) atoms. The fourth-order valence-electron chi connectivity index (χ4n) is 2.42. The topological polar surface area (TPSA) is 92.6 Å². The van der Waals surface area contributed by atoms with Crippen LogP contribution in [0.25, 0.3) is 5.65 Å². The number of fused-ring (bicyclic) bond motifs is 1. The number of rotatable bonds is 4. The summed E-state index contributed by atoms with van der Waals surface area (Å²) in [6.07, 6.45) is 0.705. The van der Waals surface area contributed by atoms with E-state index in [0.717, 1.165) is 32.0 Å². The van der Waals surface area contributed by atoms with Gasteiger partial charge in [0, 0.05) is 39.0 Å². The first-order valence-corrected chi connectivity index (χ1v) is 7.06. The summed E-state index contributed by atoms with van der Waals surface area (Å²) in [5.74, 6) is 1.23. The molecule has 0 aliphatic carbocycles. The van der Waals surface area contributed by atoms with Crippen molar-refractivity contribution in [3.63, 3.8) is 0 Å². The second-order valence-electron chi connectivity index (χ2n) is 5.33. The molecular formula is C13H19N7O. The Hall–Kier alpha value is -2.22. The summed E-state index contributed by atoms with van der Waals surface area (Å²) in [5.41, 5.74) is 5.87. The number of carbonyl (C=O) groups excluding carboxylic acids is 1. The third-order valence-electron chi connectivity index (χ3n) is 3.74. The van der Waals surface area contributed by atoms with Crippen LogP contribution >= 0.6 is 0 Å². The number of carbonyl (C=O) groups is 1. The van der Waals surface area contributed by atoms with Crippen LogP contribution in [0.2, 0.25) is 0 Å². The smallest absolute Gasteiger partial charge is 0.217 e. The molecule has 1 fully saturated rings. The number of nitrogens with zero attached hydrogens (tertiary/aromatic N) is 6. The van der Waals surface area contributed by atoms with Crippen LogP contribution in [-0.2, 0) is 11.2 Å². The van der Waals surface area contributed by atoms with Crippen molar-refractivity contribution in [3.05, 3.63) is 18.0 Å². The first-order chi connectivity index (χ1) is 10.1. The predicted octanol–water partition coefficient (Wildman–Crippen LogP) is -0.706. The van der Waals surface area contributed by atoms with Gasteiger partial charge in [-0.05, 0) is 19.2 Å². The van der Waals surface area contributed by atoms with Crippen LogP contribution in [0.4, 0.5) is 5.82 Å². The second-order valence-corrected chi connectivity index (χ2v) is 5.33. The van der Waals surface area contributed by atoms with E-state index in [9.17, 15) is 4.79 Å². The van der Waals surface area contributed by atoms with Gasteiger partial charge in [-0.1, -0.05) is 0 Å². The Morgan fingerprint density at radius 3 is 2.71 bits per heavy atom. The Balaban J connectivity index is 1.84. The number of anilines is 1. The summed E-state index contributed by atoms with van der Waals surface area (Å²) < 4.78 is 1.70. The van der Waals surface area contributed by atoms with E-state index >= 15 is 0 Å². The molecule has 3 heterocycles. The fourth-order valence-corrected chi connectivity index (χ4v) is 2.42. The van der Waals surface area contributed by atoms with Crippen LogP contribution in [0.5, 0.6) is 0 Å². The first kappa shape index (κ1) is 13.7. The SMILES string of the molecule is CN1CCN(c2ccc3nnc(CCC(N)=O)n3n2)CC1. The van der Waals surface area contributed by atoms with Crippen LogP contribution < -0.4 is 10.6 Å². The van der Waals surface area contributed by atoms with Gasteiger partial charge in [-0.2, -0.15) is 4.52 Å². The molecule has 0 bridgehead atoms. The van der Waals surface area contributed by atoms with Crippen molar-refractivity contribution in [1.82, 2.24) is 24.7 Å². The van der Waals surface area contributed by atoms with Gasteiger partial charge < -0.3 is 15.5 Å². The maximum atomic E-state index is 10.9. The maximum Gasteiger partial charge on any atom is 0.217 e. The van der Waals surface area contributed by atoms with E-state index in [1.54, 1.807) is 4.52 Å². The lowest BCUT2D eigenvalue weighted by Gasteiger charge is -2.33. The first-order valence-electron chi connectivity index (χ1n) is 7.06. The molecule has 0 radical (unpaired) electrons. The van der Waals surface area contributed by atoms with E-state index < -0.39 is 0 Å². The van der Waals surface area contributed by atoms with Gasteiger partial charge in [-0.3, -0.25) is 4.79 Å². The molecule has 2 N–H and O–H groups in total. The number of hydrogen-bond donors (Lipinski definition) is 1. The number of nitrogens with two attached hydrogens (primary N) is 1. The number of aryl methyl sites for hydroxylation is 1. The number of hydrogen-bond acceptors (Lipinski definition) is 6. The highest BCUT2D eigenvalue weighted by Crippen LogP contribution is 2.14. The third kappa shape index (κ3) is 2.94. The predicted molar refractivity (Wildman–Crippen MR) is 78.0 cm³/mol. The molecule has 1 aliphatic heterocycles. The molecule has 0 spiro atoms. The van der Waals surface area contributed by atoms with Crippen molar-refractivity contribution in [3.8, 4) is 0 Å².